The van der Waals surface area contributed by atoms with Gasteiger partial charge in [0.25, 0.3) is 0 Å². The van der Waals surface area contributed by atoms with Crippen LogP contribution in [0.3, 0.4) is 0 Å². The van der Waals surface area contributed by atoms with Gasteiger partial charge in [-0.1, -0.05) is 27.7 Å². The molecule has 0 heterocycles. The fraction of sp³-hybridized carbons (Fsp3) is 0.905. The lowest BCUT2D eigenvalue weighted by Crippen LogP contribution is -2.21. The molecule has 0 aliphatic rings. The number of ketones is 1. The van der Waals surface area contributed by atoms with E-state index in [4.69, 9.17) is 18.9 Å². The molecule has 0 spiro atoms. The molecule has 0 aromatic heterocycles. The minimum absolute atomic E-state index is 0.275. The molecule has 0 rings (SSSR count). The summed E-state index contributed by atoms with van der Waals surface area (Å²) < 4.78 is 20.4. The smallest absolute Gasteiger partial charge is 0.207 e. The maximum atomic E-state index is 10.4. The predicted octanol–water partition coefficient (Wildman–Crippen LogP) is 2.44. The summed E-state index contributed by atoms with van der Waals surface area (Å²) in [6.45, 7) is 16.1. The van der Waals surface area contributed by atoms with Crippen LogP contribution < -0.4 is 10.6 Å². The largest absolute Gasteiger partial charge is 0.382 e. The molecule has 0 aromatic rings. The van der Waals surface area contributed by atoms with Crippen LogP contribution in [0.4, 0.5) is 0 Å². The summed E-state index contributed by atoms with van der Waals surface area (Å²) in [7, 11) is 3.54. The van der Waals surface area contributed by atoms with Gasteiger partial charge in [0.15, 0.2) is 0 Å². The van der Waals surface area contributed by atoms with Crippen molar-refractivity contribution in [1.29, 1.82) is 0 Å². The summed E-state index contributed by atoms with van der Waals surface area (Å²) in [6, 6.07) is 0.467. The van der Waals surface area contributed by atoms with E-state index in [-0.39, 0.29) is 5.78 Å². The summed E-state index contributed by atoms with van der Waals surface area (Å²) in [5.41, 5.74) is 0. The summed E-state index contributed by atoms with van der Waals surface area (Å²) in [6.07, 6.45) is 2.30. The highest BCUT2D eigenvalue weighted by molar-refractivity contribution is 5.75. The van der Waals surface area contributed by atoms with Crippen LogP contribution >= 0.6 is 0 Å². The molecular formula is C21H48N2O6. The summed E-state index contributed by atoms with van der Waals surface area (Å²) in [5, 5.41) is 5.57. The van der Waals surface area contributed by atoms with Crippen molar-refractivity contribution in [2.24, 2.45) is 0 Å². The Morgan fingerprint density at radius 3 is 1.72 bits per heavy atom. The van der Waals surface area contributed by atoms with Crippen LogP contribution in [-0.4, -0.2) is 85.2 Å². The second-order valence-electron chi connectivity index (χ2n) is 5.33. The third-order valence-electron chi connectivity index (χ3n) is 3.07. The predicted molar refractivity (Wildman–Crippen MR) is 120 cm³/mol. The zero-order chi connectivity index (χ0) is 23.2. The molecule has 0 aliphatic heterocycles. The van der Waals surface area contributed by atoms with Gasteiger partial charge in [-0.2, -0.15) is 0 Å². The van der Waals surface area contributed by atoms with Crippen LogP contribution in [0.2, 0.25) is 0 Å². The highest BCUT2D eigenvalue weighted by Gasteiger charge is 1.98. The van der Waals surface area contributed by atoms with Crippen molar-refractivity contribution in [3.05, 3.63) is 0 Å². The van der Waals surface area contributed by atoms with Crippen molar-refractivity contribution in [3.63, 3.8) is 0 Å². The average Bonchev–Trinajstić information content (AvgIpc) is 2.76. The molecule has 0 aromatic carbocycles. The zero-order valence-corrected chi connectivity index (χ0v) is 20.2. The van der Waals surface area contributed by atoms with E-state index in [0.29, 0.717) is 71.7 Å². The number of hydrogen-bond acceptors (Lipinski definition) is 7. The molecule has 0 unspecified atom stereocenters. The van der Waals surface area contributed by atoms with E-state index in [1.54, 1.807) is 14.0 Å². The first-order valence-corrected chi connectivity index (χ1v) is 10.6. The van der Waals surface area contributed by atoms with Gasteiger partial charge >= 0.3 is 0 Å². The standard InChI is InChI=1S/C10H21NO5.C7H15NO.2C2H6/c1-13-4-5-15-8-9-16-7-6-14-3-2-11-10-12;1-6(8-3)4-5-7(2)9;2*1-2/h10H,2-9H2,1H3,(H,11,12);6,8H,4-5H2,1-3H3;2*1-2H3/t;6-;;/m.1../s1. The van der Waals surface area contributed by atoms with E-state index in [1.165, 1.54) is 0 Å². The monoisotopic (exact) mass is 424 g/mol. The third kappa shape index (κ3) is 46.7. The molecule has 0 saturated carbocycles. The van der Waals surface area contributed by atoms with Crippen molar-refractivity contribution >= 4 is 12.2 Å². The van der Waals surface area contributed by atoms with Crippen molar-refractivity contribution in [2.45, 2.75) is 60.4 Å². The van der Waals surface area contributed by atoms with Crippen molar-refractivity contribution in [3.8, 4) is 0 Å². The minimum atomic E-state index is 0.275. The van der Waals surface area contributed by atoms with E-state index < -0.39 is 0 Å². The number of carbonyl (C=O) groups excluding carboxylic acids is 2. The van der Waals surface area contributed by atoms with Crippen LogP contribution in [0.5, 0.6) is 0 Å². The molecule has 1 amide bonds. The summed E-state index contributed by atoms with van der Waals surface area (Å²) in [5.74, 6) is 0.275. The van der Waals surface area contributed by atoms with E-state index in [0.717, 1.165) is 6.42 Å². The number of methoxy groups -OCH3 is 1. The first-order valence-electron chi connectivity index (χ1n) is 10.6. The summed E-state index contributed by atoms with van der Waals surface area (Å²) >= 11 is 0. The van der Waals surface area contributed by atoms with Crippen LogP contribution in [0.15, 0.2) is 0 Å². The molecular weight excluding hydrogens is 376 g/mol. The lowest BCUT2D eigenvalue weighted by molar-refractivity contribution is -0.117. The van der Waals surface area contributed by atoms with Gasteiger partial charge in [0, 0.05) is 26.1 Å². The molecule has 178 valence electrons. The Hall–Kier alpha value is -1.06. The van der Waals surface area contributed by atoms with Gasteiger partial charge in [-0.05, 0) is 27.3 Å². The summed E-state index contributed by atoms with van der Waals surface area (Å²) in [4.78, 5) is 20.3. The molecule has 2 N–H and O–H groups in total. The van der Waals surface area contributed by atoms with Crippen molar-refractivity contribution < 1.29 is 28.5 Å². The number of Topliss-reactive ketones (excluding diaryl/α,β-unsaturated/α-hetero) is 1. The molecule has 8 nitrogen and oxygen atoms in total. The Labute approximate surface area is 179 Å². The first kappa shape index (κ1) is 35.4. The number of carbonyl (C=O) groups is 2. The highest BCUT2D eigenvalue weighted by atomic mass is 16.6. The molecule has 0 aliphatic carbocycles. The van der Waals surface area contributed by atoms with E-state index in [1.807, 2.05) is 34.7 Å². The van der Waals surface area contributed by atoms with Gasteiger partial charge < -0.3 is 34.4 Å². The fourth-order valence-corrected chi connectivity index (χ4v) is 1.44. The minimum Gasteiger partial charge on any atom is -0.382 e. The Morgan fingerprint density at radius 2 is 1.34 bits per heavy atom. The Morgan fingerprint density at radius 1 is 0.897 bits per heavy atom. The molecule has 29 heavy (non-hydrogen) atoms. The topological polar surface area (TPSA) is 95.1 Å². The van der Waals surface area contributed by atoms with Gasteiger partial charge in [0.05, 0.1) is 46.2 Å². The normalized spacial score (nSPS) is 10.2. The van der Waals surface area contributed by atoms with Gasteiger partial charge in [-0.3, -0.25) is 4.79 Å². The molecule has 0 fully saturated rings. The Balaban J connectivity index is -0.000000203. The second kappa shape index (κ2) is 37.7. The molecule has 0 saturated heterocycles. The van der Waals surface area contributed by atoms with Gasteiger partial charge in [-0.25, -0.2) is 0 Å². The SMILES string of the molecule is CC.CC.CN[C@H](C)CCC(C)=O.COCCOCCOCCOCCNC=O. The maximum Gasteiger partial charge on any atom is 0.207 e. The highest BCUT2D eigenvalue weighted by Crippen LogP contribution is 1.95. The van der Waals surface area contributed by atoms with Gasteiger partial charge in [0.2, 0.25) is 6.41 Å². The van der Waals surface area contributed by atoms with Crippen LogP contribution in [0, 0.1) is 0 Å². The molecule has 0 bridgehead atoms. The van der Waals surface area contributed by atoms with E-state index >= 15 is 0 Å². The second-order valence-corrected chi connectivity index (χ2v) is 5.33. The lowest BCUT2D eigenvalue weighted by Gasteiger charge is -2.06. The number of rotatable bonds is 17. The molecule has 1 atom stereocenters. The number of amides is 1. The molecule has 8 heteroatoms. The van der Waals surface area contributed by atoms with Crippen LogP contribution in [0.25, 0.3) is 0 Å². The van der Waals surface area contributed by atoms with Crippen molar-refractivity contribution in [2.75, 3.05) is 67.0 Å². The quantitative estimate of drug-likeness (QED) is 0.273. The van der Waals surface area contributed by atoms with Crippen LogP contribution in [-0.2, 0) is 28.5 Å². The zero-order valence-electron chi connectivity index (χ0n) is 20.2. The van der Waals surface area contributed by atoms with Gasteiger partial charge in [0.1, 0.15) is 5.78 Å². The first-order chi connectivity index (χ1) is 14.1. The number of ether oxygens (including phenoxy) is 4. The Bertz CT molecular complexity index is 294. The van der Waals surface area contributed by atoms with E-state index in [9.17, 15) is 9.59 Å². The average molecular weight is 425 g/mol. The molecule has 0 radical (unpaired) electrons. The third-order valence-corrected chi connectivity index (χ3v) is 3.07. The fourth-order valence-electron chi connectivity index (χ4n) is 1.44. The number of hydrogen-bond donors (Lipinski definition) is 2. The van der Waals surface area contributed by atoms with Crippen LogP contribution in [0.1, 0.15) is 54.4 Å². The van der Waals surface area contributed by atoms with Gasteiger partial charge in [-0.15, -0.1) is 0 Å². The van der Waals surface area contributed by atoms with Crippen molar-refractivity contribution in [1.82, 2.24) is 10.6 Å². The number of nitrogens with one attached hydrogen (secondary N) is 2. The Kier molecular flexibility index (Phi) is 45.9. The maximum absolute atomic E-state index is 10.4. The van der Waals surface area contributed by atoms with E-state index in [2.05, 4.69) is 17.6 Å². The lowest BCUT2D eigenvalue weighted by atomic mass is 10.1.